The number of nitro groups is 1. The molecule has 0 bridgehead atoms. The van der Waals surface area contributed by atoms with E-state index < -0.39 is 4.92 Å². The first-order valence-corrected chi connectivity index (χ1v) is 12.9. The van der Waals surface area contributed by atoms with Crippen molar-refractivity contribution < 1.29 is 14.4 Å². The van der Waals surface area contributed by atoms with E-state index in [2.05, 4.69) is 26.0 Å². The number of nitrogens with zero attached hydrogens (tertiary/aromatic N) is 4. The first-order chi connectivity index (χ1) is 18.9. The lowest BCUT2D eigenvalue weighted by Crippen LogP contribution is -2.20. The summed E-state index contributed by atoms with van der Waals surface area (Å²) in [4.78, 5) is 29.1. The molecule has 196 valence electrons. The first-order valence-electron chi connectivity index (χ1n) is 12.1. The summed E-state index contributed by atoms with van der Waals surface area (Å²) in [6.07, 6.45) is 1.36. The highest BCUT2D eigenvalue weighted by Crippen LogP contribution is 2.39. The predicted molar refractivity (Wildman–Crippen MR) is 154 cm³/mol. The second-order valence-electron chi connectivity index (χ2n) is 8.67. The molecule has 0 aliphatic rings. The van der Waals surface area contributed by atoms with Gasteiger partial charge >= 0.3 is 5.69 Å². The van der Waals surface area contributed by atoms with Crippen molar-refractivity contribution in [3.63, 3.8) is 0 Å². The lowest BCUT2D eigenvalue weighted by molar-refractivity contribution is -0.386. The van der Waals surface area contributed by atoms with Gasteiger partial charge in [-0.3, -0.25) is 14.9 Å². The summed E-state index contributed by atoms with van der Waals surface area (Å²) >= 11 is 3.37. The number of hydrogen-bond donors (Lipinski definition) is 0. The maximum absolute atomic E-state index is 13.1. The Bertz CT molecular complexity index is 1810. The molecule has 0 saturated carbocycles. The van der Waals surface area contributed by atoms with Crippen LogP contribution in [0.1, 0.15) is 23.9 Å². The molecule has 9 nitrogen and oxygen atoms in total. The maximum Gasteiger partial charge on any atom is 0.315 e. The number of fused-ring (bicyclic) bond motifs is 2. The molecule has 5 rings (SSSR count). The topological polar surface area (TPSA) is 109 Å². The highest BCUT2D eigenvalue weighted by Gasteiger charge is 2.23. The maximum atomic E-state index is 13.1. The van der Waals surface area contributed by atoms with E-state index in [9.17, 15) is 14.9 Å². The number of aryl methyl sites for hydroxylation is 1. The third-order valence-corrected chi connectivity index (χ3v) is 6.59. The minimum absolute atomic E-state index is 0.0255. The molecule has 4 aromatic carbocycles. The van der Waals surface area contributed by atoms with E-state index in [4.69, 9.17) is 9.47 Å². The lowest BCUT2D eigenvalue weighted by atomic mass is 10.1. The average Bonchev–Trinajstić information content (AvgIpc) is 2.92. The normalized spacial score (nSPS) is 11.4. The zero-order chi connectivity index (χ0) is 27.5. The number of ether oxygens (including phenoxy) is 2. The summed E-state index contributed by atoms with van der Waals surface area (Å²) in [6.45, 7) is 3.83. The van der Waals surface area contributed by atoms with Crippen LogP contribution in [0.15, 0.2) is 87.2 Å². The monoisotopic (exact) mass is 586 g/mol. The zero-order valence-electron chi connectivity index (χ0n) is 21.1. The van der Waals surface area contributed by atoms with Crippen LogP contribution >= 0.6 is 15.9 Å². The van der Waals surface area contributed by atoms with Crippen LogP contribution in [0.25, 0.3) is 21.7 Å². The van der Waals surface area contributed by atoms with Gasteiger partial charge in [-0.2, -0.15) is 9.78 Å². The van der Waals surface area contributed by atoms with Crippen LogP contribution in [0.5, 0.6) is 11.5 Å². The number of nitro benzene ring substituents is 1. The van der Waals surface area contributed by atoms with Gasteiger partial charge in [0.05, 0.1) is 28.6 Å². The highest BCUT2D eigenvalue weighted by atomic mass is 79.9. The van der Waals surface area contributed by atoms with Gasteiger partial charge in [-0.1, -0.05) is 58.4 Å². The Kier molecular flexibility index (Phi) is 7.38. The van der Waals surface area contributed by atoms with E-state index >= 15 is 0 Å². The minimum Gasteiger partial charge on any atom is -0.490 e. The molecule has 0 saturated heterocycles. The second kappa shape index (κ2) is 11.0. The van der Waals surface area contributed by atoms with E-state index in [1.807, 2.05) is 42.5 Å². The lowest BCUT2D eigenvalue weighted by Gasteiger charge is -2.14. The number of aromatic nitrogens is 2. The summed E-state index contributed by atoms with van der Waals surface area (Å²) in [6, 6.07) is 21.9. The van der Waals surface area contributed by atoms with Gasteiger partial charge in [0.15, 0.2) is 5.75 Å². The van der Waals surface area contributed by atoms with Crippen LogP contribution in [0.2, 0.25) is 0 Å². The predicted octanol–water partition coefficient (Wildman–Crippen LogP) is 6.39. The molecule has 10 heteroatoms. The molecule has 0 N–H and O–H groups in total. The molecule has 0 fully saturated rings. The highest BCUT2D eigenvalue weighted by molar-refractivity contribution is 9.10. The van der Waals surface area contributed by atoms with Gasteiger partial charge in [-0.05, 0) is 54.4 Å². The van der Waals surface area contributed by atoms with Crippen LogP contribution in [0, 0.1) is 17.0 Å². The van der Waals surface area contributed by atoms with Crippen molar-refractivity contribution in [1.29, 1.82) is 0 Å². The van der Waals surface area contributed by atoms with Gasteiger partial charge in [-0.15, -0.1) is 0 Å². The Balaban J connectivity index is 1.52. The molecule has 0 atom stereocenters. The number of hydrogen-bond acceptors (Lipinski definition) is 7. The van der Waals surface area contributed by atoms with Crippen LogP contribution in [-0.4, -0.2) is 27.4 Å². The Morgan fingerprint density at radius 1 is 1.05 bits per heavy atom. The van der Waals surface area contributed by atoms with Gasteiger partial charge in [0, 0.05) is 16.1 Å². The molecule has 0 unspecified atom stereocenters. The standard InChI is InChI=1S/C29H23BrN4O5/c1-3-38-27-14-19(16-31-33-18(2)32-25-12-11-22(30)15-24(25)29(33)35)13-26(34(36)37)28(27)39-17-21-9-6-8-20-7-4-5-10-23(20)21/h4-16H,3,17H2,1-2H3. The first kappa shape index (κ1) is 26.1. The quantitative estimate of drug-likeness (QED) is 0.118. The van der Waals surface area contributed by atoms with Gasteiger partial charge < -0.3 is 9.47 Å². The summed E-state index contributed by atoms with van der Waals surface area (Å²) in [5.41, 5.74) is 1.18. The summed E-state index contributed by atoms with van der Waals surface area (Å²) < 4.78 is 13.6. The van der Waals surface area contributed by atoms with Crippen molar-refractivity contribution in [3.8, 4) is 11.5 Å². The van der Waals surface area contributed by atoms with Crippen molar-refractivity contribution in [2.24, 2.45) is 5.10 Å². The third-order valence-electron chi connectivity index (χ3n) is 6.10. The molecule has 39 heavy (non-hydrogen) atoms. The number of rotatable bonds is 8. The Hall–Kier alpha value is -4.57. The van der Waals surface area contributed by atoms with E-state index in [-0.39, 0.29) is 36.0 Å². The van der Waals surface area contributed by atoms with Crippen molar-refractivity contribution in [2.75, 3.05) is 6.61 Å². The fourth-order valence-corrected chi connectivity index (χ4v) is 4.68. The molecule has 5 aromatic rings. The van der Waals surface area contributed by atoms with Crippen molar-refractivity contribution in [3.05, 3.63) is 115 Å². The Morgan fingerprint density at radius 2 is 1.85 bits per heavy atom. The van der Waals surface area contributed by atoms with E-state index in [1.54, 1.807) is 38.1 Å². The number of halogens is 1. The average molecular weight is 587 g/mol. The van der Waals surface area contributed by atoms with Gasteiger partial charge in [0.1, 0.15) is 12.4 Å². The fraction of sp³-hybridized carbons (Fsp3) is 0.138. The number of benzene rings is 4. The second-order valence-corrected chi connectivity index (χ2v) is 9.58. The van der Waals surface area contributed by atoms with Crippen LogP contribution in [0.3, 0.4) is 0 Å². The van der Waals surface area contributed by atoms with Crippen LogP contribution in [-0.2, 0) is 6.61 Å². The van der Waals surface area contributed by atoms with Crippen molar-refractivity contribution in [2.45, 2.75) is 20.5 Å². The van der Waals surface area contributed by atoms with E-state index in [0.717, 1.165) is 25.5 Å². The molecule has 0 radical (unpaired) electrons. The third kappa shape index (κ3) is 5.37. The fourth-order valence-electron chi connectivity index (χ4n) is 4.31. The zero-order valence-corrected chi connectivity index (χ0v) is 22.7. The van der Waals surface area contributed by atoms with Crippen LogP contribution in [0.4, 0.5) is 5.69 Å². The SMILES string of the molecule is CCOc1cc(C=Nn2c(C)nc3ccc(Br)cc3c2=O)cc([N+](=O)[O-])c1OCc1cccc2ccccc12. The Morgan fingerprint density at radius 3 is 2.64 bits per heavy atom. The van der Waals surface area contributed by atoms with Gasteiger partial charge in [0.25, 0.3) is 5.56 Å². The summed E-state index contributed by atoms with van der Waals surface area (Å²) in [5.74, 6) is 0.608. The molecule has 1 heterocycles. The van der Waals surface area contributed by atoms with Crippen LogP contribution < -0.4 is 15.0 Å². The molecular formula is C29H23BrN4O5. The molecule has 0 spiro atoms. The van der Waals surface area contributed by atoms with Gasteiger partial charge in [-0.25, -0.2) is 4.98 Å². The molecular weight excluding hydrogens is 564 g/mol. The Labute approximate surface area is 231 Å². The molecule has 1 aromatic heterocycles. The molecule has 0 aliphatic carbocycles. The van der Waals surface area contributed by atoms with Crippen molar-refractivity contribution in [1.82, 2.24) is 9.66 Å². The smallest absolute Gasteiger partial charge is 0.315 e. The largest absolute Gasteiger partial charge is 0.490 e. The summed E-state index contributed by atoms with van der Waals surface area (Å²) in [7, 11) is 0. The summed E-state index contributed by atoms with van der Waals surface area (Å²) in [5, 5.41) is 18.8. The molecule has 0 amide bonds. The minimum atomic E-state index is -0.523. The molecule has 0 aliphatic heterocycles. The van der Waals surface area contributed by atoms with E-state index in [0.29, 0.717) is 22.3 Å². The van der Waals surface area contributed by atoms with Gasteiger partial charge in [0.2, 0.25) is 5.75 Å². The van der Waals surface area contributed by atoms with E-state index in [1.165, 1.54) is 12.3 Å². The van der Waals surface area contributed by atoms with Crippen molar-refractivity contribution >= 4 is 49.5 Å².